The van der Waals surface area contributed by atoms with Crippen molar-refractivity contribution in [2.24, 2.45) is 5.73 Å². The molecule has 0 aliphatic heterocycles. The van der Waals surface area contributed by atoms with Gasteiger partial charge in [0.25, 0.3) is 0 Å². The number of hydrogen-bond acceptors (Lipinski definition) is 2. The molecular formula is C15H23FN2. The van der Waals surface area contributed by atoms with E-state index in [1.54, 1.807) is 12.1 Å². The highest BCUT2D eigenvalue weighted by Crippen LogP contribution is 2.23. The largest absolute Gasteiger partial charge is 0.328 e. The van der Waals surface area contributed by atoms with Crippen LogP contribution in [0.15, 0.2) is 24.3 Å². The topological polar surface area (TPSA) is 29.3 Å². The monoisotopic (exact) mass is 250 g/mol. The maximum Gasteiger partial charge on any atom is 0.123 e. The van der Waals surface area contributed by atoms with Crippen LogP contribution in [-0.2, 0) is 6.54 Å². The minimum absolute atomic E-state index is 0.162. The highest BCUT2D eigenvalue weighted by Gasteiger charge is 2.23. The van der Waals surface area contributed by atoms with Gasteiger partial charge in [0.05, 0.1) is 0 Å². The number of hydrogen-bond donors (Lipinski definition) is 1. The first-order chi connectivity index (χ1) is 8.69. The van der Waals surface area contributed by atoms with Crippen molar-refractivity contribution < 1.29 is 4.39 Å². The van der Waals surface area contributed by atoms with E-state index in [2.05, 4.69) is 11.8 Å². The van der Waals surface area contributed by atoms with Crippen LogP contribution in [0.2, 0.25) is 0 Å². The highest BCUT2D eigenvalue weighted by molar-refractivity contribution is 5.16. The summed E-state index contributed by atoms with van der Waals surface area (Å²) in [5, 5.41) is 0. The normalized spacial score (nSPS) is 24.4. The molecule has 0 amide bonds. The van der Waals surface area contributed by atoms with Crippen LogP contribution in [0, 0.1) is 5.82 Å². The third-order valence-corrected chi connectivity index (χ3v) is 3.96. The van der Waals surface area contributed by atoms with Gasteiger partial charge in [-0.2, -0.15) is 0 Å². The molecule has 0 aromatic heterocycles. The van der Waals surface area contributed by atoms with Gasteiger partial charge in [-0.25, -0.2) is 4.39 Å². The van der Waals surface area contributed by atoms with Crippen molar-refractivity contribution in [2.45, 2.75) is 51.2 Å². The summed E-state index contributed by atoms with van der Waals surface area (Å²) in [6, 6.07) is 7.88. The van der Waals surface area contributed by atoms with E-state index in [9.17, 15) is 4.39 Å². The lowest BCUT2D eigenvalue weighted by molar-refractivity contribution is 0.149. The number of nitrogens with two attached hydrogens (primary N) is 1. The molecule has 1 fully saturated rings. The fourth-order valence-electron chi connectivity index (χ4n) is 2.79. The summed E-state index contributed by atoms with van der Waals surface area (Å²) in [6.07, 6.45) is 4.64. The molecule has 2 nitrogen and oxygen atoms in total. The second-order valence-electron chi connectivity index (χ2n) is 5.26. The molecule has 1 aliphatic carbocycles. The van der Waals surface area contributed by atoms with Crippen molar-refractivity contribution in [3.8, 4) is 0 Å². The first kappa shape index (κ1) is 13.5. The third-order valence-electron chi connectivity index (χ3n) is 3.96. The molecule has 1 aromatic carbocycles. The second-order valence-corrected chi connectivity index (χ2v) is 5.26. The molecule has 0 bridgehead atoms. The van der Waals surface area contributed by atoms with Crippen molar-refractivity contribution >= 4 is 0 Å². The van der Waals surface area contributed by atoms with Gasteiger partial charge in [-0.15, -0.1) is 0 Å². The Morgan fingerprint density at radius 3 is 2.33 bits per heavy atom. The molecule has 0 unspecified atom stereocenters. The first-order valence-electron chi connectivity index (χ1n) is 6.93. The number of benzene rings is 1. The van der Waals surface area contributed by atoms with E-state index in [4.69, 9.17) is 5.73 Å². The molecule has 2 rings (SSSR count). The second kappa shape index (κ2) is 6.30. The van der Waals surface area contributed by atoms with E-state index in [0.29, 0.717) is 12.1 Å². The molecule has 0 radical (unpaired) electrons. The average molecular weight is 250 g/mol. The van der Waals surface area contributed by atoms with Crippen molar-refractivity contribution in [3.05, 3.63) is 35.6 Å². The third kappa shape index (κ3) is 3.53. The molecule has 0 heterocycles. The van der Waals surface area contributed by atoms with Crippen LogP contribution < -0.4 is 5.73 Å². The summed E-state index contributed by atoms with van der Waals surface area (Å²) < 4.78 is 12.9. The molecular weight excluding hydrogens is 227 g/mol. The van der Waals surface area contributed by atoms with E-state index < -0.39 is 0 Å². The predicted octanol–water partition coefficient (Wildman–Crippen LogP) is 2.92. The van der Waals surface area contributed by atoms with Gasteiger partial charge >= 0.3 is 0 Å². The summed E-state index contributed by atoms with van der Waals surface area (Å²) in [6.45, 7) is 4.14. The van der Waals surface area contributed by atoms with Gasteiger partial charge in [-0.1, -0.05) is 19.1 Å². The zero-order valence-corrected chi connectivity index (χ0v) is 11.1. The van der Waals surface area contributed by atoms with Crippen LogP contribution in [-0.4, -0.2) is 23.5 Å². The summed E-state index contributed by atoms with van der Waals surface area (Å²) >= 11 is 0. The predicted molar refractivity (Wildman–Crippen MR) is 72.7 cm³/mol. The Morgan fingerprint density at radius 2 is 1.78 bits per heavy atom. The Morgan fingerprint density at radius 1 is 1.17 bits per heavy atom. The molecule has 1 aromatic rings. The Bertz CT molecular complexity index is 355. The Kier molecular flexibility index (Phi) is 4.72. The maximum absolute atomic E-state index is 12.9. The summed E-state index contributed by atoms with van der Waals surface area (Å²) in [4.78, 5) is 2.49. The van der Waals surface area contributed by atoms with Crippen LogP contribution in [0.3, 0.4) is 0 Å². The number of rotatable bonds is 4. The van der Waals surface area contributed by atoms with Crippen molar-refractivity contribution in [1.29, 1.82) is 0 Å². The van der Waals surface area contributed by atoms with E-state index >= 15 is 0 Å². The Hall–Kier alpha value is -0.930. The zero-order chi connectivity index (χ0) is 13.0. The SMILES string of the molecule is CCN(Cc1ccc(F)cc1)C1CCC(N)CC1. The van der Waals surface area contributed by atoms with E-state index in [-0.39, 0.29) is 5.82 Å². The number of halogens is 1. The highest BCUT2D eigenvalue weighted by atomic mass is 19.1. The molecule has 0 spiro atoms. The summed E-state index contributed by atoms with van der Waals surface area (Å²) in [7, 11) is 0. The molecule has 18 heavy (non-hydrogen) atoms. The standard InChI is InChI=1S/C15H23FN2/c1-2-18(15-9-7-14(17)8-10-15)11-12-3-5-13(16)6-4-12/h3-6,14-15H,2,7-11,17H2,1H3. The Balaban J connectivity index is 1.94. The maximum atomic E-state index is 12.9. The van der Waals surface area contributed by atoms with E-state index in [1.165, 1.54) is 18.4 Å². The van der Waals surface area contributed by atoms with Crippen LogP contribution in [0.4, 0.5) is 4.39 Å². The van der Waals surface area contributed by atoms with Crippen LogP contribution in [0.5, 0.6) is 0 Å². The zero-order valence-electron chi connectivity index (χ0n) is 11.1. The van der Waals surface area contributed by atoms with Crippen LogP contribution >= 0.6 is 0 Å². The summed E-state index contributed by atoms with van der Waals surface area (Å²) in [5.74, 6) is -0.162. The van der Waals surface area contributed by atoms with Gasteiger partial charge in [-0.3, -0.25) is 4.90 Å². The smallest absolute Gasteiger partial charge is 0.123 e. The minimum atomic E-state index is -0.162. The van der Waals surface area contributed by atoms with Crippen molar-refractivity contribution in [3.63, 3.8) is 0 Å². The van der Waals surface area contributed by atoms with Crippen LogP contribution in [0.25, 0.3) is 0 Å². The fourth-order valence-corrected chi connectivity index (χ4v) is 2.79. The molecule has 1 saturated carbocycles. The van der Waals surface area contributed by atoms with E-state index in [1.807, 2.05) is 12.1 Å². The molecule has 100 valence electrons. The quantitative estimate of drug-likeness (QED) is 0.890. The lowest BCUT2D eigenvalue weighted by Gasteiger charge is -2.35. The molecule has 0 saturated heterocycles. The van der Waals surface area contributed by atoms with Crippen LogP contribution in [0.1, 0.15) is 38.2 Å². The molecule has 1 aliphatic rings. The minimum Gasteiger partial charge on any atom is -0.328 e. The van der Waals surface area contributed by atoms with Crippen molar-refractivity contribution in [1.82, 2.24) is 4.90 Å². The molecule has 2 N–H and O–H groups in total. The average Bonchev–Trinajstić information content (AvgIpc) is 2.39. The summed E-state index contributed by atoms with van der Waals surface area (Å²) in [5.41, 5.74) is 7.14. The fraction of sp³-hybridized carbons (Fsp3) is 0.600. The van der Waals surface area contributed by atoms with Gasteiger partial charge in [-0.05, 0) is 49.9 Å². The van der Waals surface area contributed by atoms with Gasteiger partial charge in [0.2, 0.25) is 0 Å². The molecule has 3 heteroatoms. The Labute approximate surface area is 109 Å². The van der Waals surface area contributed by atoms with Gasteiger partial charge < -0.3 is 5.73 Å². The van der Waals surface area contributed by atoms with E-state index in [0.717, 1.165) is 25.9 Å². The van der Waals surface area contributed by atoms with Crippen molar-refractivity contribution in [2.75, 3.05) is 6.54 Å². The number of nitrogens with zero attached hydrogens (tertiary/aromatic N) is 1. The molecule has 0 atom stereocenters. The van der Waals surface area contributed by atoms with Gasteiger partial charge in [0.1, 0.15) is 5.82 Å². The van der Waals surface area contributed by atoms with Gasteiger partial charge in [0, 0.05) is 18.6 Å². The lowest BCUT2D eigenvalue weighted by Crippen LogP contribution is -2.40. The van der Waals surface area contributed by atoms with Gasteiger partial charge in [0.15, 0.2) is 0 Å². The first-order valence-corrected chi connectivity index (χ1v) is 6.93. The lowest BCUT2D eigenvalue weighted by atomic mass is 9.90.